The Hall–Kier alpha value is -2.87. The molecule has 2 aromatic carbocycles. The number of nitrogens with zero attached hydrogens (tertiary/aromatic N) is 4. The van der Waals surface area contributed by atoms with Gasteiger partial charge in [0.1, 0.15) is 17.3 Å². The van der Waals surface area contributed by atoms with Crippen LogP contribution in [0, 0.1) is 0 Å². The highest BCUT2D eigenvalue weighted by atomic mass is 16.5. The molecule has 2 aromatic rings. The first-order valence-corrected chi connectivity index (χ1v) is 10.8. The molecule has 1 unspecified atom stereocenters. The summed E-state index contributed by atoms with van der Waals surface area (Å²) in [5.74, 6) is 7.52. The van der Waals surface area contributed by atoms with Crippen molar-refractivity contribution in [1.29, 1.82) is 0 Å². The molecule has 0 aliphatic carbocycles. The second-order valence-electron chi connectivity index (χ2n) is 7.73. The van der Waals surface area contributed by atoms with Gasteiger partial charge in [0.2, 0.25) is 7.98 Å². The van der Waals surface area contributed by atoms with Crippen LogP contribution < -0.4 is 15.5 Å². The number of amidine groups is 1. The van der Waals surface area contributed by atoms with E-state index in [-0.39, 0.29) is 11.8 Å². The molecule has 0 amide bonds. The Bertz CT molecular complexity index is 871. The van der Waals surface area contributed by atoms with E-state index in [9.17, 15) is 5.11 Å². The highest BCUT2D eigenvalue weighted by molar-refractivity contribution is 6.16. The van der Waals surface area contributed by atoms with E-state index in [2.05, 4.69) is 27.9 Å². The number of hydrogen-bond donors (Lipinski definition) is 2. The number of anilines is 1. The van der Waals surface area contributed by atoms with Gasteiger partial charge in [0.05, 0.1) is 18.8 Å². The molecule has 31 heavy (non-hydrogen) atoms. The minimum Gasteiger partial charge on any atom is -0.508 e. The van der Waals surface area contributed by atoms with Crippen molar-refractivity contribution in [3.63, 3.8) is 0 Å². The molecular weight excluding hydrogens is 389 g/mol. The molecule has 1 saturated heterocycles. The summed E-state index contributed by atoms with van der Waals surface area (Å²) >= 11 is 0. The number of phenols is 1. The monoisotopic (exact) mass is 421 g/mol. The highest BCUT2D eigenvalue weighted by Gasteiger charge is 2.31. The first kappa shape index (κ1) is 22.8. The Labute approximate surface area is 186 Å². The van der Waals surface area contributed by atoms with Gasteiger partial charge in [-0.3, -0.25) is 4.90 Å². The van der Waals surface area contributed by atoms with Crippen molar-refractivity contribution in [2.45, 2.75) is 25.8 Å². The first-order chi connectivity index (χ1) is 15.1. The number of benzene rings is 2. The predicted octanol–water partition coefficient (Wildman–Crippen LogP) is 2.72. The lowest BCUT2D eigenvalue weighted by Crippen LogP contribution is -2.52. The van der Waals surface area contributed by atoms with Crippen LogP contribution in [0.4, 0.5) is 5.69 Å². The Morgan fingerprint density at radius 1 is 1.19 bits per heavy atom. The second kappa shape index (κ2) is 11.0. The summed E-state index contributed by atoms with van der Waals surface area (Å²) in [6, 6.07) is 15.1. The van der Waals surface area contributed by atoms with Crippen LogP contribution in [0.2, 0.25) is 0 Å². The predicted molar refractivity (Wildman–Crippen MR) is 127 cm³/mol. The fourth-order valence-electron chi connectivity index (χ4n) is 4.07. The minimum absolute atomic E-state index is 0.212. The number of methoxy groups -OCH3 is 1. The van der Waals surface area contributed by atoms with E-state index < -0.39 is 0 Å². The summed E-state index contributed by atoms with van der Waals surface area (Å²) in [5, 5.41) is 14.2. The average Bonchev–Trinajstić information content (AvgIpc) is 2.81. The number of nitrogens with two attached hydrogens (primary N) is 1. The second-order valence-corrected chi connectivity index (χ2v) is 7.73. The van der Waals surface area contributed by atoms with Gasteiger partial charge in [-0.05, 0) is 36.2 Å². The summed E-state index contributed by atoms with van der Waals surface area (Å²) in [5.41, 5.74) is 2.01. The molecule has 0 aromatic heterocycles. The number of phenolic OH excluding ortho intramolecular Hbond substituents is 1. The minimum atomic E-state index is -0.237. The lowest BCUT2D eigenvalue weighted by atomic mass is 9.99. The SMILES string of the molecule is [B]N(CCCC)/C(=N\N)C(c1cccc(O)c1)N1CCN(c2ccccc2OC)CC1. The van der Waals surface area contributed by atoms with Gasteiger partial charge in [-0.1, -0.05) is 37.6 Å². The van der Waals surface area contributed by atoms with Crippen LogP contribution in [0.25, 0.3) is 0 Å². The Morgan fingerprint density at radius 2 is 1.94 bits per heavy atom. The van der Waals surface area contributed by atoms with Gasteiger partial charge in [0, 0.05) is 32.7 Å². The first-order valence-electron chi connectivity index (χ1n) is 10.8. The zero-order valence-corrected chi connectivity index (χ0v) is 18.4. The van der Waals surface area contributed by atoms with E-state index >= 15 is 0 Å². The van der Waals surface area contributed by atoms with Crippen molar-refractivity contribution in [2.24, 2.45) is 10.9 Å². The maximum atomic E-state index is 10.1. The Kier molecular flexibility index (Phi) is 8.06. The van der Waals surface area contributed by atoms with E-state index in [1.807, 2.05) is 30.3 Å². The van der Waals surface area contributed by atoms with Crippen molar-refractivity contribution >= 4 is 19.5 Å². The molecule has 3 rings (SSSR count). The number of rotatable bonds is 8. The van der Waals surface area contributed by atoms with Gasteiger partial charge >= 0.3 is 0 Å². The van der Waals surface area contributed by atoms with Crippen LogP contribution in [0.1, 0.15) is 31.4 Å². The Morgan fingerprint density at radius 3 is 2.58 bits per heavy atom. The van der Waals surface area contributed by atoms with Crippen LogP contribution in [0.15, 0.2) is 53.6 Å². The zero-order chi connectivity index (χ0) is 22.2. The lowest BCUT2D eigenvalue weighted by Gasteiger charge is -2.42. The van der Waals surface area contributed by atoms with E-state index in [4.69, 9.17) is 18.6 Å². The standard InChI is InChI=1S/C23H32BN5O2/c1-3-4-12-29(24)23(26-25)22(18-8-7-9-19(30)17-18)28-15-13-27(14-16-28)20-10-5-6-11-21(20)31-2/h5-11,17,22,30H,3-4,12-16,25H2,1-2H3/b26-23-. The molecular formula is C23H32BN5O2. The lowest BCUT2D eigenvalue weighted by molar-refractivity contribution is 0.221. The van der Waals surface area contributed by atoms with Crippen LogP contribution >= 0.6 is 0 Å². The summed E-state index contributed by atoms with van der Waals surface area (Å²) in [6.07, 6.45) is 1.98. The van der Waals surface area contributed by atoms with Crippen LogP contribution in [0.3, 0.4) is 0 Å². The van der Waals surface area contributed by atoms with E-state index in [0.717, 1.165) is 56.0 Å². The average molecular weight is 421 g/mol. The molecule has 8 heteroatoms. The van der Waals surface area contributed by atoms with E-state index in [0.29, 0.717) is 12.4 Å². The zero-order valence-electron chi connectivity index (χ0n) is 18.4. The number of unbranched alkanes of at least 4 members (excludes halogenated alkanes) is 1. The largest absolute Gasteiger partial charge is 0.508 e. The van der Waals surface area contributed by atoms with Crippen LogP contribution in [-0.4, -0.2) is 68.5 Å². The summed E-state index contributed by atoms with van der Waals surface area (Å²) in [7, 11) is 8.06. The van der Waals surface area contributed by atoms with Gasteiger partial charge in [-0.15, -0.1) is 0 Å². The molecule has 1 aliphatic heterocycles. The fourth-order valence-corrected chi connectivity index (χ4v) is 4.07. The molecule has 0 bridgehead atoms. The maximum absolute atomic E-state index is 10.1. The van der Waals surface area contributed by atoms with Gasteiger partial charge in [-0.2, -0.15) is 5.10 Å². The topological polar surface area (TPSA) is 77.6 Å². The number of para-hydroxylation sites is 2. The van der Waals surface area contributed by atoms with E-state index in [1.165, 1.54) is 0 Å². The van der Waals surface area contributed by atoms with Crippen LogP contribution in [0.5, 0.6) is 11.5 Å². The van der Waals surface area contributed by atoms with Crippen molar-refractivity contribution in [3.05, 3.63) is 54.1 Å². The van der Waals surface area contributed by atoms with Crippen molar-refractivity contribution in [3.8, 4) is 11.5 Å². The van der Waals surface area contributed by atoms with Gasteiger partial charge < -0.3 is 25.4 Å². The number of piperazine rings is 1. The van der Waals surface area contributed by atoms with Crippen molar-refractivity contribution in [2.75, 3.05) is 44.7 Å². The third kappa shape index (κ3) is 5.44. The quantitative estimate of drug-likeness (QED) is 0.224. The number of hydrazone groups is 1. The van der Waals surface area contributed by atoms with Gasteiger partial charge in [0.25, 0.3) is 0 Å². The number of ether oxygens (including phenoxy) is 1. The molecule has 1 heterocycles. The molecule has 1 atom stereocenters. The van der Waals surface area contributed by atoms with E-state index in [1.54, 1.807) is 24.1 Å². The maximum Gasteiger partial charge on any atom is 0.228 e. The van der Waals surface area contributed by atoms with Crippen molar-refractivity contribution < 1.29 is 9.84 Å². The third-order valence-electron chi connectivity index (χ3n) is 5.71. The molecule has 2 radical (unpaired) electrons. The highest BCUT2D eigenvalue weighted by Crippen LogP contribution is 2.31. The molecule has 0 spiro atoms. The molecule has 3 N–H and O–H groups in total. The number of hydrogen-bond acceptors (Lipinski definition) is 6. The van der Waals surface area contributed by atoms with Gasteiger partial charge in [0.15, 0.2) is 0 Å². The number of aromatic hydroxyl groups is 1. The third-order valence-corrected chi connectivity index (χ3v) is 5.71. The normalized spacial score (nSPS) is 16.2. The smallest absolute Gasteiger partial charge is 0.228 e. The molecule has 1 fully saturated rings. The molecule has 7 nitrogen and oxygen atoms in total. The van der Waals surface area contributed by atoms with Gasteiger partial charge in [-0.25, -0.2) is 0 Å². The molecule has 1 aliphatic rings. The summed E-state index contributed by atoms with van der Waals surface area (Å²) in [6.45, 7) is 6.03. The Balaban J connectivity index is 1.83. The fraction of sp³-hybridized carbons (Fsp3) is 0.435. The molecule has 164 valence electrons. The summed E-state index contributed by atoms with van der Waals surface area (Å²) in [4.78, 5) is 6.29. The van der Waals surface area contributed by atoms with Crippen LogP contribution in [-0.2, 0) is 0 Å². The summed E-state index contributed by atoms with van der Waals surface area (Å²) < 4.78 is 5.54. The van der Waals surface area contributed by atoms with Crippen molar-refractivity contribution in [1.82, 2.24) is 9.71 Å². The molecule has 0 saturated carbocycles.